The molecule has 0 spiro atoms. The summed E-state index contributed by atoms with van der Waals surface area (Å²) in [5, 5.41) is 8.61. The first-order valence-corrected chi connectivity index (χ1v) is 3.80. The summed E-state index contributed by atoms with van der Waals surface area (Å²) in [6.07, 6.45) is 0.641. The number of carbonyl (C=O) groups is 1. The van der Waals surface area contributed by atoms with Crippen LogP contribution in [0.1, 0.15) is 5.82 Å². The Morgan fingerprint density at radius 3 is 3.00 bits per heavy atom. The van der Waals surface area contributed by atoms with Crippen LogP contribution in [0.3, 0.4) is 0 Å². The van der Waals surface area contributed by atoms with E-state index in [4.69, 9.17) is 5.21 Å². The van der Waals surface area contributed by atoms with Crippen LogP contribution < -0.4 is 5.48 Å². The Kier molecular flexibility index (Phi) is 3.29. The molecule has 1 aromatic heterocycles. The maximum Gasteiger partial charge on any atom is 0.508 e. The highest BCUT2D eigenvalue weighted by atomic mass is 16.7. The van der Waals surface area contributed by atoms with Crippen LogP contribution in [0.15, 0.2) is 6.20 Å². The maximum absolute atomic E-state index is 10.6. The van der Waals surface area contributed by atoms with Gasteiger partial charge in [-0.15, -0.1) is 0 Å². The first kappa shape index (κ1) is 10.3. The van der Waals surface area contributed by atoms with Crippen LogP contribution in [-0.2, 0) is 23.1 Å². The number of methoxy groups -OCH3 is 1. The molecule has 0 aliphatic rings. The van der Waals surface area contributed by atoms with Gasteiger partial charge < -0.3 is 14.0 Å². The molecule has 0 bridgehead atoms. The predicted molar refractivity (Wildman–Crippen MR) is 45.8 cm³/mol. The topological polar surface area (TPSA) is 85.6 Å². The molecule has 7 nitrogen and oxygen atoms in total. The minimum absolute atomic E-state index is 0.00907. The summed E-state index contributed by atoms with van der Waals surface area (Å²) in [6, 6.07) is 0. The van der Waals surface area contributed by atoms with Crippen LogP contribution in [0.4, 0.5) is 10.6 Å². The molecular formula is C7H11N3O4. The van der Waals surface area contributed by atoms with Crippen molar-refractivity contribution in [1.82, 2.24) is 9.55 Å². The van der Waals surface area contributed by atoms with Crippen molar-refractivity contribution in [2.24, 2.45) is 7.05 Å². The molecule has 14 heavy (non-hydrogen) atoms. The van der Waals surface area contributed by atoms with Crippen LogP contribution in [0.2, 0.25) is 0 Å². The Balaban J connectivity index is 2.59. The first-order valence-electron chi connectivity index (χ1n) is 3.80. The zero-order valence-corrected chi connectivity index (χ0v) is 7.85. The molecule has 1 heterocycles. The van der Waals surface area contributed by atoms with E-state index in [-0.39, 0.29) is 6.61 Å². The van der Waals surface area contributed by atoms with Gasteiger partial charge in [-0.1, -0.05) is 0 Å². The summed E-state index contributed by atoms with van der Waals surface area (Å²) >= 11 is 0. The van der Waals surface area contributed by atoms with Gasteiger partial charge in [0.15, 0.2) is 6.61 Å². The second-order valence-corrected chi connectivity index (χ2v) is 2.47. The number of rotatable bonds is 3. The van der Waals surface area contributed by atoms with Gasteiger partial charge >= 0.3 is 6.16 Å². The smallest absolute Gasteiger partial charge is 0.438 e. The van der Waals surface area contributed by atoms with Crippen molar-refractivity contribution in [3.05, 3.63) is 12.0 Å². The zero-order valence-electron chi connectivity index (χ0n) is 7.85. The molecule has 0 saturated carbocycles. The number of carbonyl (C=O) groups excluding carboxylic acids is 1. The van der Waals surface area contributed by atoms with Crippen molar-refractivity contribution in [3.63, 3.8) is 0 Å². The largest absolute Gasteiger partial charge is 0.508 e. The summed E-state index contributed by atoms with van der Waals surface area (Å²) in [6.45, 7) is -0.00907. The van der Waals surface area contributed by atoms with E-state index >= 15 is 0 Å². The SMILES string of the molecule is COC(=O)OCc1ncc(NO)n1C. The van der Waals surface area contributed by atoms with Crippen LogP contribution in [0.25, 0.3) is 0 Å². The molecular weight excluding hydrogens is 190 g/mol. The van der Waals surface area contributed by atoms with E-state index in [2.05, 4.69) is 14.5 Å². The third-order valence-corrected chi connectivity index (χ3v) is 1.68. The monoisotopic (exact) mass is 201 g/mol. The average Bonchev–Trinajstić information content (AvgIpc) is 2.56. The van der Waals surface area contributed by atoms with Crippen LogP contribution >= 0.6 is 0 Å². The van der Waals surface area contributed by atoms with Crippen molar-refractivity contribution in [2.45, 2.75) is 6.61 Å². The molecule has 0 amide bonds. The van der Waals surface area contributed by atoms with E-state index in [9.17, 15) is 4.79 Å². The number of nitrogens with one attached hydrogen (secondary N) is 1. The molecule has 2 N–H and O–H groups in total. The van der Waals surface area contributed by atoms with Crippen molar-refractivity contribution in [1.29, 1.82) is 0 Å². The molecule has 1 aromatic rings. The van der Waals surface area contributed by atoms with Gasteiger partial charge in [0.05, 0.1) is 13.3 Å². The fourth-order valence-electron chi connectivity index (χ4n) is 0.868. The summed E-state index contributed by atoms with van der Waals surface area (Å²) < 4.78 is 10.5. The first-order chi connectivity index (χ1) is 6.69. The Morgan fingerprint density at radius 1 is 1.79 bits per heavy atom. The zero-order chi connectivity index (χ0) is 10.6. The van der Waals surface area contributed by atoms with Gasteiger partial charge in [0.25, 0.3) is 0 Å². The van der Waals surface area contributed by atoms with Crippen molar-refractivity contribution < 1.29 is 19.5 Å². The van der Waals surface area contributed by atoms with Gasteiger partial charge in [0.2, 0.25) is 0 Å². The van der Waals surface area contributed by atoms with E-state index in [0.29, 0.717) is 11.6 Å². The lowest BCUT2D eigenvalue weighted by Gasteiger charge is -2.04. The summed E-state index contributed by atoms with van der Waals surface area (Å²) in [5.41, 5.74) is 1.95. The summed E-state index contributed by atoms with van der Waals surface area (Å²) in [7, 11) is 2.89. The third kappa shape index (κ3) is 2.13. The van der Waals surface area contributed by atoms with Crippen molar-refractivity contribution in [3.8, 4) is 0 Å². The van der Waals surface area contributed by atoms with E-state index in [0.717, 1.165) is 0 Å². The van der Waals surface area contributed by atoms with Crippen LogP contribution in [-0.4, -0.2) is 28.0 Å². The van der Waals surface area contributed by atoms with E-state index in [1.54, 1.807) is 11.6 Å². The van der Waals surface area contributed by atoms with Crippen LogP contribution in [0.5, 0.6) is 0 Å². The number of imidazole rings is 1. The van der Waals surface area contributed by atoms with Crippen molar-refractivity contribution >= 4 is 12.0 Å². The maximum atomic E-state index is 10.6. The Labute approximate surface area is 80.2 Å². The number of hydrogen-bond donors (Lipinski definition) is 2. The predicted octanol–water partition coefficient (Wildman–Crippen LogP) is 0.504. The van der Waals surface area contributed by atoms with Crippen molar-refractivity contribution in [2.75, 3.05) is 12.6 Å². The minimum Gasteiger partial charge on any atom is -0.438 e. The lowest BCUT2D eigenvalue weighted by Crippen LogP contribution is -2.08. The molecule has 78 valence electrons. The normalized spacial score (nSPS) is 9.64. The quantitative estimate of drug-likeness (QED) is 0.547. The van der Waals surface area contributed by atoms with Gasteiger partial charge in [-0.25, -0.2) is 9.78 Å². The van der Waals surface area contributed by atoms with Gasteiger partial charge in [-0.2, -0.15) is 0 Å². The standard InChI is InChI=1S/C7H11N3O4/c1-10-5(9-12)3-8-6(10)4-14-7(11)13-2/h3,9,12H,4H2,1-2H3. The van der Waals surface area contributed by atoms with E-state index < -0.39 is 6.16 Å². The van der Waals surface area contributed by atoms with E-state index in [1.165, 1.54) is 13.3 Å². The summed E-state index contributed by atoms with van der Waals surface area (Å²) in [4.78, 5) is 14.5. The van der Waals surface area contributed by atoms with Gasteiger partial charge in [-0.3, -0.25) is 10.7 Å². The second kappa shape index (κ2) is 4.47. The second-order valence-electron chi connectivity index (χ2n) is 2.47. The molecule has 1 rings (SSSR count). The molecule has 0 aliphatic carbocycles. The minimum atomic E-state index is -0.772. The lowest BCUT2D eigenvalue weighted by molar-refractivity contribution is 0.0643. The fraction of sp³-hybridized carbons (Fsp3) is 0.429. The number of hydrogen-bond acceptors (Lipinski definition) is 6. The average molecular weight is 201 g/mol. The highest BCUT2D eigenvalue weighted by Gasteiger charge is 2.08. The third-order valence-electron chi connectivity index (χ3n) is 1.68. The number of nitrogens with zero attached hydrogens (tertiary/aromatic N) is 2. The van der Waals surface area contributed by atoms with Gasteiger partial charge in [0.1, 0.15) is 11.6 Å². The molecule has 0 atom stereocenters. The fourth-order valence-corrected chi connectivity index (χ4v) is 0.868. The molecule has 7 heteroatoms. The lowest BCUT2D eigenvalue weighted by atomic mass is 10.6. The molecule has 0 radical (unpaired) electrons. The van der Waals surface area contributed by atoms with Gasteiger partial charge in [0, 0.05) is 7.05 Å². The molecule has 0 fully saturated rings. The number of aromatic nitrogens is 2. The van der Waals surface area contributed by atoms with Gasteiger partial charge in [-0.05, 0) is 0 Å². The Hall–Kier alpha value is -1.76. The molecule has 0 unspecified atom stereocenters. The Morgan fingerprint density at radius 2 is 2.50 bits per heavy atom. The molecule has 0 aliphatic heterocycles. The molecule has 0 aromatic carbocycles. The number of ether oxygens (including phenoxy) is 2. The Bertz CT molecular complexity index is 323. The summed E-state index contributed by atoms with van der Waals surface area (Å²) in [5.74, 6) is 0.903. The highest BCUT2D eigenvalue weighted by molar-refractivity contribution is 5.59. The van der Waals surface area contributed by atoms with Crippen LogP contribution in [0, 0.1) is 0 Å². The number of anilines is 1. The molecule has 0 saturated heterocycles. The highest BCUT2D eigenvalue weighted by Crippen LogP contribution is 2.08. The van der Waals surface area contributed by atoms with E-state index in [1.807, 2.05) is 5.48 Å².